The molecular weight excluding hydrogens is 336 g/mol. The van der Waals surface area contributed by atoms with Gasteiger partial charge in [-0.25, -0.2) is 0 Å². The summed E-state index contributed by atoms with van der Waals surface area (Å²) >= 11 is 9.43. The van der Waals surface area contributed by atoms with E-state index < -0.39 is 0 Å². The molecule has 0 atom stereocenters. The lowest BCUT2D eigenvalue weighted by Crippen LogP contribution is -1.90. The third kappa shape index (κ3) is 3.87. The van der Waals surface area contributed by atoms with Crippen LogP contribution in [0.5, 0.6) is 5.75 Å². The average molecular weight is 352 g/mol. The van der Waals surface area contributed by atoms with Gasteiger partial charge in [-0.1, -0.05) is 57.9 Å². The smallest absolute Gasteiger partial charge is 0.118 e. The van der Waals surface area contributed by atoms with Crippen molar-refractivity contribution in [3.8, 4) is 5.75 Å². The number of methoxy groups -OCH3 is 1. The van der Waals surface area contributed by atoms with E-state index in [1.54, 1.807) is 7.11 Å². The van der Waals surface area contributed by atoms with E-state index in [0.717, 1.165) is 22.5 Å². The molecule has 0 heterocycles. The number of rotatable bonds is 5. The summed E-state index contributed by atoms with van der Waals surface area (Å²) < 4.78 is 5.21. The van der Waals surface area contributed by atoms with Gasteiger partial charge in [-0.2, -0.15) is 0 Å². The lowest BCUT2D eigenvalue weighted by Gasteiger charge is -2.10. The van der Waals surface area contributed by atoms with Gasteiger partial charge in [0.15, 0.2) is 0 Å². The van der Waals surface area contributed by atoms with E-state index in [9.17, 15) is 0 Å². The van der Waals surface area contributed by atoms with Gasteiger partial charge in [-0.15, -0.1) is 0 Å². The highest BCUT2D eigenvalue weighted by atomic mass is 79.9. The van der Waals surface area contributed by atoms with Crippen LogP contribution in [0.15, 0.2) is 54.6 Å². The van der Waals surface area contributed by atoms with Crippen molar-refractivity contribution in [1.82, 2.24) is 0 Å². The predicted molar refractivity (Wildman–Crippen MR) is 89.9 cm³/mol. The first kappa shape index (κ1) is 15.1. The Balaban J connectivity index is 2.38. The van der Waals surface area contributed by atoms with Gasteiger partial charge in [0.1, 0.15) is 5.75 Å². The average Bonchev–Trinajstić information content (AvgIpc) is 2.50. The van der Waals surface area contributed by atoms with Gasteiger partial charge in [0.2, 0.25) is 0 Å². The zero-order valence-electron chi connectivity index (χ0n) is 11.3. The summed E-state index contributed by atoms with van der Waals surface area (Å²) in [7, 11) is 1.68. The van der Waals surface area contributed by atoms with Gasteiger partial charge in [-0.05, 0) is 47.4 Å². The van der Waals surface area contributed by atoms with Gasteiger partial charge in [0, 0.05) is 10.4 Å². The maximum absolute atomic E-state index is 5.96. The van der Waals surface area contributed by atoms with Gasteiger partial charge in [0.05, 0.1) is 7.11 Å². The Morgan fingerprint density at radius 3 is 2.10 bits per heavy atom. The third-order valence-corrected chi connectivity index (χ3v) is 3.72. The van der Waals surface area contributed by atoms with Crippen molar-refractivity contribution in [2.75, 3.05) is 12.4 Å². The maximum Gasteiger partial charge on any atom is 0.118 e. The van der Waals surface area contributed by atoms with Crippen LogP contribution < -0.4 is 4.74 Å². The Morgan fingerprint density at radius 1 is 1.05 bits per heavy atom. The van der Waals surface area contributed by atoms with Crippen molar-refractivity contribution in [2.45, 2.75) is 6.42 Å². The molecule has 0 amide bonds. The van der Waals surface area contributed by atoms with Crippen LogP contribution >= 0.6 is 27.5 Å². The molecule has 104 valence electrons. The topological polar surface area (TPSA) is 9.23 Å². The molecule has 0 aliphatic rings. The minimum atomic E-state index is 0.753. The van der Waals surface area contributed by atoms with E-state index in [2.05, 4.69) is 34.1 Å². The number of benzene rings is 2. The second-order valence-electron chi connectivity index (χ2n) is 4.33. The summed E-state index contributed by atoms with van der Waals surface area (Å²) in [5.41, 5.74) is 3.55. The predicted octanol–water partition coefficient (Wildman–Crippen LogP) is 5.57. The molecular formula is C17H16BrClO. The fraction of sp³-hybridized carbons (Fsp3) is 0.176. The van der Waals surface area contributed by atoms with Crippen molar-refractivity contribution < 1.29 is 4.74 Å². The second-order valence-corrected chi connectivity index (χ2v) is 5.56. The molecule has 0 fully saturated rings. The summed E-state index contributed by atoms with van der Waals surface area (Å²) in [5.74, 6) is 0.865. The van der Waals surface area contributed by atoms with Crippen LogP contribution in [0.1, 0.15) is 17.5 Å². The lowest BCUT2D eigenvalue weighted by molar-refractivity contribution is 0.415. The first-order valence-corrected chi connectivity index (χ1v) is 7.91. The Hall–Kier alpha value is -1.25. The Morgan fingerprint density at radius 2 is 1.60 bits per heavy atom. The summed E-state index contributed by atoms with van der Waals surface area (Å²) in [6.07, 6.45) is 3.21. The zero-order valence-corrected chi connectivity index (χ0v) is 13.6. The number of hydrogen-bond donors (Lipinski definition) is 0. The summed E-state index contributed by atoms with van der Waals surface area (Å²) in [4.78, 5) is 0. The van der Waals surface area contributed by atoms with E-state index in [1.165, 1.54) is 16.7 Å². The van der Waals surface area contributed by atoms with Gasteiger partial charge in [0.25, 0.3) is 0 Å². The van der Waals surface area contributed by atoms with Crippen molar-refractivity contribution in [3.63, 3.8) is 0 Å². The molecule has 0 N–H and O–H groups in total. The highest BCUT2D eigenvalue weighted by molar-refractivity contribution is 9.09. The van der Waals surface area contributed by atoms with Crippen LogP contribution in [-0.2, 0) is 0 Å². The van der Waals surface area contributed by atoms with Crippen LogP contribution in [-0.4, -0.2) is 12.4 Å². The zero-order chi connectivity index (χ0) is 14.4. The SMILES string of the molecule is COc1ccc(/C(=C\CCBr)c2ccc(Cl)cc2)cc1. The molecule has 0 saturated carbocycles. The summed E-state index contributed by atoms with van der Waals surface area (Å²) in [5, 5.41) is 1.70. The Labute approximate surface area is 133 Å². The van der Waals surface area contributed by atoms with Gasteiger partial charge < -0.3 is 4.74 Å². The van der Waals surface area contributed by atoms with Crippen LogP contribution in [0, 0.1) is 0 Å². The van der Waals surface area contributed by atoms with Crippen LogP contribution in [0.25, 0.3) is 5.57 Å². The van der Waals surface area contributed by atoms with Crippen LogP contribution in [0.3, 0.4) is 0 Å². The van der Waals surface area contributed by atoms with Crippen LogP contribution in [0.2, 0.25) is 5.02 Å². The van der Waals surface area contributed by atoms with Gasteiger partial charge in [-0.3, -0.25) is 0 Å². The monoisotopic (exact) mass is 350 g/mol. The minimum absolute atomic E-state index is 0.753. The highest BCUT2D eigenvalue weighted by Crippen LogP contribution is 2.27. The number of halogens is 2. The molecule has 2 aromatic carbocycles. The fourth-order valence-corrected chi connectivity index (χ4v) is 2.36. The standard InChI is InChI=1S/C17H16BrClO/c1-20-16-10-6-14(7-11-16)17(3-2-12-18)13-4-8-15(19)9-5-13/h3-11H,2,12H2,1H3/b17-3-. The second kappa shape index (κ2) is 7.51. The lowest BCUT2D eigenvalue weighted by atomic mass is 9.97. The van der Waals surface area contributed by atoms with Crippen molar-refractivity contribution in [2.24, 2.45) is 0 Å². The molecule has 0 aliphatic heterocycles. The maximum atomic E-state index is 5.96. The molecule has 1 nitrogen and oxygen atoms in total. The molecule has 0 spiro atoms. The number of hydrogen-bond acceptors (Lipinski definition) is 1. The first-order valence-electron chi connectivity index (χ1n) is 6.41. The molecule has 2 rings (SSSR count). The van der Waals surface area contributed by atoms with Crippen molar-refractivity contribution >= 4 is 33.1 Å². The molecule has 0 unspecified atom stereocenters. The molecule has 0 saturated heterocycles. The molecule has 2 aromatic rings. The summed E-state index contributed by atoms with van der Waals surface area (Å²) in [6.45, 7) is 0. The summed E-state index contributed by atoms with van der Waals surface area (Å²) in [6, 6.07) is 16.0. The van der Waals surface area contributed by atoms with E-state index in [1.807, 2.05) is 36.4 Å². The largest absolute Gasteiger partial charge is 0.497 e. The van der Waals surface area contributed by atoms with Crippen LogP contribution in [0.4, 0.5) is 0 Å². The number of ether oxygens (including phenoxy) is 1. The molecule has 20 heavy (non-hydrogen) atoms. The third-order valence-electron chi connectivity index (χ3n) is 3.01. The fourth-order valence-electron chi connectivity index (χ4n) is 2.00. The highest BCUT2D eigenvalue weighted by Gasteiger charge is 2.05. The van der Waals surface area contributed by atoms with E-state index in [4.69, 9.17) is 16.3 Å². The molecule has 0 aliphatic carbocycles. The first-order chi connectivity index (χ1) is 9.74. The van der Waals surface area contributed by atoms with E-state index >= 15 is 0 Å². The van der Waals surface area contributed by atoms with Crippen molar-refractivity contribution in [1.29, 1.82) is 0 Å². The normalized spacial score (nSPS) is 11.4. The molecule has 0 bridgehead atoms. The Kier molecular flexibility index (Phi) is 5.69. The molecule has 0 radical (unpaired) electrons. The molecule has 0 aromatic heterocycles. The minimum Gasteiger partial charge on any atom is -0.497 e. The number of alkyl halides is 1. The quantitative estimate of drug-likeness (QED) is 0.640. The Bertz CT molecular complexity index is 573. The van der Waals surface area contributed by atoms with E-state index in [-0.39, 0.29) is 0 Å². The number of allylic oxidation sites excluding steroid dienone is 1. The van der Waals surface area contributed by atoms with Crippen molar-refractivity contribution in [3.05, 3.63) is 70.8 Å². The van der Waals surface area contributed by atoms with Gasteiger partial charge >= 0.3 is 0 Å². The van der Waals surface area contributed by atoms with E-state index in [0.29, 0.717) is 0 Å². The molecule has 3 heteroatoms.